The van der Waals surface area contributed by atoms with Gasteiger partial charge in [-0.05, 0) is 35.2 Å². The summed E-state index contributed by atoms with van der Waals surface area (Å²) in [4.78, 5) is 0. The molecule has 1 aliphatic heterocycles. The molecule has 0 amide bonds. The Morgan fingerprint density at radius 1 is 1.25 bits per heavy atom. The summed E-state index contributed by atoms with van der Waals surface area (Å²) in [5.74, 6) is 0. The number of aryl methyl sites for hydroxylation is 1. The predicted octanol–water partition coefficient (Wildman–Crippen LogP) is 2.67. The third kappa shape index (κ3) is 3.18. The predicted molar refractivity (Wildman–Crippen MR) is 93.9 cm³/mol. The fourth-order valence-corrected chi connectivity index (χ4v) is 3.26. The highest BCUT2D eigenvalue weighted by molar-refractivity contribution is 5.86. The highest BCUT2D eigenvalue weighted by atomic mass is 16.5. The lowest BCUT2D eigenvalue weighted by atomic mass is 10.00. The number of fused-ring (bicyclic) bond motifs is 1. The molecule has 0 bridgehead atoms. The van der Waals surface area contributed by atoms with Gasteiger partial charge in [-0.3, -0.25) is 0 Å². The smallest absolute Gasteiger partial charge is 0.0965 e. The van der Waals surface area contributed by atoms with Crippen molar-refractivity contribution in [2.45, 2.75) is 32.5 Å². The van der Waals surface area contributed by atoms with E-state index in [9.17, 15) is 0 Å². The van der Waals surface area contributed by atoms with Gasteiger partial charge in [-0.2, -0.15) is 0 Å². The molecule has 1 atom stereocenters. The Morgan fingerprint density at radius 2 is 2.17 bits per heavy atom. The van der Waals surface area contributed by atoms with Crippen molar-refractivity contribution < 1.29 is 4.74 Å². The first-order valence-corrected chi connectivity index (χ1v) is 8.47. The molecule has 3 aromatic rings. The van der Waals surface area contributed by atoms with Gasteiger partial charge in [0.25, 0.3) is 0 Å². The van der Waals surface area contributed by atoms with E-state index in [1.54, 1.807) is 0 Å². The Bertz CT molecular complexity index is 836. The van der Waals surface area contributed by atoms with Crippen LogP contribution in [0.25, 0.3) is 10.8 Å². The molecule has 24 heavy (non-hydrogen) atoms. The Labute approximate surface area is 141 Å². The SMILES string of the molecule is Cc1ccc2ccccc2c1Cn1cc(CNC2CCOC2)nn1. The molecule has 2 aromatic carbocycles. The van der Waals surface area contributed by atoms with Crippen LogP contribution in [-0.4, -0.2) is 34.2 Å². The van der Waals surface area contributed by atoms with Gasteiger partial charge in [0.1, 0.15) is 0 Å². The lowest BCUT2D eigenvalue weighted by Gasteiger charge is -2.10. The van der Waals surface area contributed by atoms with Crippen LogP contribution in [0, 0.1) is 6.92 Å². The standard InChI is InChI=1S/C19H22N4O/c1-14-6-7-15-4-2-3-5-18(15)19(14)12-23-11-17(21-22-23)10-20-16-8-9-24-13-16/h2-7,11,16,20H,8-10,12-13H2,1H3. The Morgan fingerprint density at radius 3 is 3.04 bits per heavy atom. The number of rotatable bonds is 5. The van der Waals surface area contributed by atoms with Crippen molar-refractivity contribution in [3.8, 4) is 0 Å². The molecule has 2 heterocycles. The largest absolute Gasteiger partial charge is 0.380 e. The number of benzene rings is 2. The van der Waals surface area contributed by atoms with Crippen molar-refractivity contribution in [3.63, 3.8) is 0 Å². The second kappa shape index (κ2) is 6.71. The van der Waals surface area contributed by atoms with Crippen molar-refractivity contribution >= 4 is 10.8 Å². The Hall–Kier alpha value is -2.24. The second-order valence-electron chi connectivity index (χ2n) is 6.43. The maximum absolute atomic E-state index is 5.38. The normalized spacial score (nSPS) is 17.6. The average Bonchev–Trinajstić information content (AvgIpc) is 3.27. The van der Waals surface area contributed by atoms with E-state index < -0.39 is 0 Å². The van der Waals surface area contributed by atoms with E-state index in [-0.39, 0.29) is 0 Å². The van der Waals surface area contributed by atoms with Crippen LogP contribution in [0.1, 0.15) is 23.2 Å². The molecule has 1 aliphatic rings. The van der Waals surface area contributed by atoms with Crippen LogP contribution < -0.4 is 5.32 Å². The number of ether oxygens (including phenoxy) is 1. The molecule has 1 N–H and O–H groups in total. The van der Waals surface area contributed by atoms with Crippen LogP contribution in [0.5, 0.6) is 0 Å². The van der Waals surface area contributed by atoms with Crippen molar-refractivity contribution in [3.05, 3.63) is 59.4 Å². The molecule has 1 saturated heterocycles. The summed E-state index contributed by atoms with van der Waals surface area (Å²) in [7, 11) is 0. The van der Waals surface area contributed by atoms with Gasteiger partial charge in [0.05, 0.1) is 25.0 Å². The third-order valence-electron chi connectivity index (χ3n) is 4.68. The number of hydrogen-bond acceptors (Lipinski definition) is 4. The monoisotopic (exact) mass is 322 g/mol. The van der Waals surface area contributed by atoms with Crippen molar-refractivity contribution in [2.75, 3.05) is 13.2 Å². The van der Waals surface area contributed by atoms with Gasteiger partial charge in [0.15, 0.2) is 0 Å². The number of hydrogen-bond donors (Lipinski definition) is 1. The van der Waals surface area contributed by atoms with E-state index in [1.807, 2.05) is 10.9 Å². The highest BCUT2D eigenvalue weighted by Gasteiger charge is 2.15. The molecule has 0 spiro atoms. The molecule has 124 valence electrons. The molecule has 1 aromatic heterocycles. The van der Waals surface area contributed by atoms with E-state index in [0.29, 0.717) is 6.04 Å². The zero-order valence-corrected chi connectivity index (χ0v) is 13.9. The minimum Gasteiger partial charge on any atom is -0.380 e. The van der Waals surface area contributed by atoms with E-state index in [0.717, 1.165) is 38.4 Å². The van der Waals surface area contributed by atoms with Crippen molar-refractivity contribution in [1.82, 2.24) is 20.3 Å². The first-order valence-electron chi connectivity index (χ1n) is 8.47. The minimum absolute atomic E-state index is 0.440. The van der Waals surface area contributed by atoms with Crippen molar-refractivity contribution in [1.29, 1.82) is 0 Å². The van der Waals surface area contributed by atoms with E-state index in [2.05, 4.69) is 59.0 Å². The lowest BCUT2D eigenvalue weighted by Crippen LogP contribution is -2.28. The Balaban J connectivity index is 1.50. The summed E-state index contributed by atoms with van der Waals surface area (Å²) in [5, 5.41) is 14.6. The fraction of sp³-hybridized carbons (Fsp3) is 0.368. The fourth-order valence-electron chi connectivity index (χ4n) is 3.26. The summed E-state index contributed by atoms with van der Waals surface area (Å²) in [6, 6.07) is 13.3. The lowest BCUT2D eigenvalue weighted by molar-refractivity contribution is 0.189. The molecule has 5 heteroatoms. The quantitative estimate of drug-likeness (QED) is 0.785. The summed E-state index contributed by atoms with van der Waals surface area (Å²) in [6.45, 7) is 5.28. The summed E-state index contributed by atoms with van der Waals surface area (Å²) < 4.78 is 7.31. The van der Waals surface area contributed by atoms with E-state index in [1.165, 1.54) is 21.9 Å². The maximum Gasteiger partial charge on any atom is 0.0965 e. The van der Waals surface area contributed by atoms with Crippen LogP contribution in [0.4, 0.5) is 0 Å². The van der Waals surface area contributed by atoms with Gasteiger partial charge >= 0.3 is 0 Å². The van der Waals surface area contributed by atoms with Crippen LogP contribution >= 0.6 is 0 Å². The topological polar surface area (TPSA) is 52.0 Å². The van der Waals surface area contributed by atoms with Crippen molar-refractivity contribution in [2.24, 2.45) is 0 Å². The zero-order valence-electron chi connectivity index (χ0n) is 13.9. The minimum atomic E-state index is 0.440. The van der Waals surface area contributed by atoms with E-state index in [4.69, 9.17) is 4.74 Å². The molecule has 4 rings (SSSR count). The first-order chi connectivity index (χ1) is 11.8. The molecule has 1 unspecified atom stereocenters. The van der Waals surface area contributed by atoms with Gasteiger partial charge in [-0.25, -0.2) is 4.68 Å². The molecule has 0 saturated carbocycles. The molecule has 1 fully saturated rings. The van der Waals surface area contributed by atoms with Crippen LogP contribution in [0.3, 0.4) is 0 Å². The molecular weight excluding hydrogens is 300 g/mol. The summed E-state index contributed by atoms with van der Waals surface area (Å²) in [6.07, 6.45) is 3.10. The maximum atomic E-state index is 5.38. The molecule has 0 radical (unpaired) electrons. The van der Waals surface area contributed by atoms with Crippen LogP contribution in [0.15, 0.2) is 42.6 Å². The van der Waals surface area contributed by atoms with Crippen LogP contribution in [-0.2, 0) is 17.8 Å². The van der Waals surface area contributed by atoms with Gasteiger partial charge < -0.3 is 10.1 Å². The average molecular weight is 322 g/mol. The van der Waals surface area contributed by atoms with Crippen LogP contribution in [0.2, 0.25) is 0 Å². The third-order valence-corrected chi connectivity index (χ3v) is 4.68. The molecular formula is C19H22N4O. The highest BCUT2D eigenvalue weighted by Crippen LogP contribution is 2.22. The molecule has 0 aliphatic carbocycles. The number of aromatic nitrogens is 3. The second-order valence-corrected chi connectivity index (χ2v) is 6.43. The van der Waals surface area contributed by atoms with Gasteiger partial charge in [0.2, 0.25) is 0 Å². The number of nitrogens with one attached hydrogen (secondary N) is 1. The Kier molecular flexibility index (Phi) is 4.28. The zero-order chi connectivity index (χ0) is 16.4. The van der Waals surface area contributed by atoms with Gasteiger partial charge in [-0.15, -0.1) is 5.10 Å². The molecule has 5 nitrogen and oxygen atoms in total. The first kappa shape index (κ1) is 15.3. The summed E-state index contributed by atoms with van der Waals surface area (Å²) in [5.41, 5.74) is 3.56. The summed E-state index contributed by atoms with van der Waals surface area (Å²) >= 11 is 0. The number of nitrogens with zero attached hydrogens (tertiary/aromatic N) is 3. The van der Waals surface area contributed by atoms with Gasteiger partial charge in [0, 0.05) is 19.2 Å². The van der Waals surface area contributed by atoms with Gasteiger partial charge in [-0.1, -0.05) is 41.6 Å². The van der Waals surface area contributed by atoms with E-state index >= 15 is 0 Å².